The summed E-state index contributed by atoms with van der Waals surface area (Å²) in [5.41, 5.74) is 0.219. The van der Waals surface area contributed by atoms with Crippen LogP contribution in [0.1, 0.15) is 23.2 Å². The van der Waals surface area contributed by atoms with E-state index in [-0.39, 0.29) is 21.2 Å². The number of benzene rings is 2. The molecule has 0 aromatic heterocycles. The lowest BCUT2D eigenvalue weighted by Crippen LogP contribution is -2.27. The number of esters is 1. The Morgan fingerprint density at radius 3 is 2.28 bits per heavy atom. The largest absolute Gasteiger partial charge is 0.421 e. The highest BCUT2D eigenvalue weighted by Crippen LogP contribution is 2.28. The summed E-state index contributed by atoms with van der Waals surface area (Å²) < 4.78 is 31.6. The molecular formula is C17H15Cl2NO4S. The highest BCUT2D eigenvalue weighted by Gasteiger charge is 2.27. The number of carbonyl (C=O) groups excluding carboxylic acids is 1. The van der Waals surface area contributed by atoms with Crippen molar-refractivity contribution in [3.63, 3.8) is 0 Å². The van der Waals surface area contributed by atoms with Gasteiger partial charge in [0.1, 0.15) is 0 Å². The van der Waals surface area contributed by atoms with Gasteiger partial charge in [-0.1, -0.05) is 23.2 Å². The summed E-state index contributed by atoms with van der Waals surface area (Å²) in [5, 5.41) is 0.644. The molecule has 25 heavy (non-hydrogen) atoms. The number of sulfonamides is 1. The lowest BCUT2D eigenvalue weighted by molar-refractivity contribution is 0.0735. The van der Waals surface area contributed by atoms with Gasteiger partial charge in [0.05, 0.1) is 15.5 Å². The highest BCUT2D eigenvalue weighted by molar-refractivity contribution is 7.89. The van der Waals surface area contributed by atoms with Crippen LogP contribution < -0.4 is 4.74 Å². The van der Waals surface area contributed by atoms with E-state index in [9.17, 15) is 13.2 Å². The average Bonchev–Trinajstić information content (AvgIpc) is 3.13. The molecule has 2 aromatic carbocycles. The fourth-order valence-electron chi connectivity index (χ4n) is 2.55. The SMILES string of the molecule is O=C(Oc1cc(Cl)ccc1Cl)c1ccc(S(=O)(=O)N2CCCC2)cc1. The van der Waals surface area contributed by atoms with Crippen molar-refractivity contribution in [3.8, 4) is 5.75 Å². The Kier molecular flexibility index (Phi) is 5.34. The quantitative estimate of drug-likeness (QED) is 0.575. The lowest BCUT2D eigenvalue weighted by atomic mass is 10.2. The molecule has 0 bridgehead atoms. The first kappa shape index (κ1) is 18.2. The number of ether oxygens (including phenoxy) is 1. The summed E-state index contributed by atoms with van der Waals surface area (Å²) in [7, 11) is -3.51. The van der Waals surface area contributed by atoms with Crippen LogP contribution in [-0.4, -0.2) is 31.8 Å². The number of nitrogens with zero attached hydrogens (tertiary/aromatic N) is 1. The number of hydrogen-bond donors (Lipinski definition) is 0. The summed E-state index contributed by atoms with van der Waals surface area (Å²) in [6.07, 6.45) is 1.73. The van der Waals surface area contributed by atoms with Crippen LogP contribution in [0.2, 0.25) is 10.0 Å². The van der Waals surface area contributed by atoms with Crippen molar-refractivity contribution < 1.29 is 17.9 Å². The molecule has 0 atom stereocenters. The molecule has 3 rings (SSSR count). The summed E-state index contributed by atoms with van der Waals surface area (Å²) >= 11 is 11.8. The molecule has 0 saturated carbocycles. The van der Waals surface area contributed by atoms with Crippen LogP contribution in [0.4, 0.5) is 0 Å². The van der Waals surface area contributed by atoms with Gasteiger partial charge in [-0.25, -0.2) is 13.2 Å². The van der Waals surface area contributed by atoms with Crippen LogP contribution >= 0.6 is 23.2 Å². The van der Waals surface area contributed by atoms with Crippen molar-refractivity contribution in [2.24, 2.45) is 0 Å². The van der Waals surface area contributed by atoms with Gasteiger partial charge in [-0.3, -0.25) is 0 Å². The standard InChI is InChI=1S/C17H15Cl2NO4S/c18-13-5-8-15(19)16(11-13)24-17(21)12-3-6-14(7-4-12)25(22,23)20-9-1-2-10-20/h3-8,11H,1-2,9-10H2. The fraction of sp³-hybridized carbons (Fsp3) is 0.235. The van der Waals surface area contributed by atoms with Gasteiger partial charge in [0, 0.05) is 24.2 Å². The number of rotatable bonds is 4. The van der Waals surface area contributed by atoms with E-state index in [1.165, 1.54) is 40.7 Å². The number of carbonyl (C=O) groups is 1. The molecule has 2 aromatic rings. The minimum atomic E-state index is -3.51. The zero-order valence-corrected chi connectivity index (χ0v) is 15.4. The molecule has 0 aliphatic carbocycles. The Hall–Kier alpha value is -1.60. The maximum Gasteiger partial charge on any atom is 0.343 e. The molecular weight excluding hydrogens is 385 g/mol. The van der Waals surface area contributed by atoms with Gasteiger partial charge >= 0.3 is 5.97 Å². The summed E-state index contributed by atoms with van der Waals surface area (Å²) in [4.78, 5) is 12.4. The van der Waals surface area contributed by atoms with Gasteiger partial charge in [0.15, 0.2) is 5.75 Å². The van der Waals surface area contributed by atoms with Crippen molar-refractivity contribution in [3.05, 3.63) is 58.1 Å². The third kappa shape index (κ3) is 3.98. The summed E-state index contributed by atoms with van der Waals surface area (Å²) in [6.45, 7) is 1.05. The van der Waals surface area contributed by atoms with E-state index >= 15 is 0 Å². The van der Waals surface area contributed by atoms with Crippen molar-refractivity contribution in [1.82, 2.24) is 4.31 Å². The minimum absolute atomic E-state index is 0.146. The topological polar surface area (TPSA) is 63.7 Å². The smallest absolute Gasteiger partial charge is 0.343 e. The predicted octanol–water partition coefficient (Wildman–Crippen LogP) is 4.00. The first-order valence-electron chi connectivity index (χ1n) is 7.65. The third-order valence-corrected chi connectivity index (χ3v) is 6.35. The first-order valence-corrected chi connectivity index (χ1v) is 9.85. The average molecular weight is 400 g/mol. The van der Waals surface area contributed by atoms with Crippen LogP contribution in [0.25, 0.3) is 0 Å². The molecule has 1 fully saturated rings. The van der Waals surface area contributed by atoms with Gasteiger partial charge in [0.2, 0.25) is 10.0 Å². The molecule has 0 spiro atoms. The highest BCUT2D eigenvalue weighted by atomic mass is 35.5. The molecule has 1 heterocycles. The van der Waals surface area contributed by atoms with Crippen LogP contribution in [0.5, 0.6) is 5.75 Å². The second-order valence-corrected chi connectivity index (χ2v) is 8.38. The predicted molar refractivity (Wildman–Crippen MR) is 95.9 cm³/mol. The van der Waals surface area contributed by atoms with Gasteiger partial charge in [-0.05, 0) is 49.2 Å². The maximum absolute atomic E-state index is 12.5. The van der Waals surface area contributed by atoms with Gasteiger partial charge < -0.3 is 4.74 Å². The zero-order valence-electron chi connectivity index (χ0n) is 13.1. The molecule has 5 nitrogen and oxygen atoms in total. The Balaban J connectivity index is 1.78. The van der Waals surface area contributed by atoms with Crippen molar-refractivity contribution >= 4 is 39.2 Å². The van der Waals surface area contributed by atoms with Crippen molar-refractivity contribution in [2.75, 3.05) is 13.1 Å². The van der Waals surface area contributed by atoms with Gasteiger partial charge in [-0.15, -0.1) is 0 Å². The Morgan fingerprint density at radius 2 is 1.64 bits per heavy atom. The van der Waals surface area contributed by atoms with E-state index in [2.05, 4.69) is 0 Å². The van der Waals surface area contributed by atoms with Crippen LogP contribution in [0.3, 0.4) is 0 Å². The first-order chi connectivity index (χ1) is 11.9. The number of hydrogen-bond acceptors (Lipinski definition) is 4. The fourth-order valence-corrected chi connectivity index (χ4v) is 4.39. The van der Waals surface area contributed by atoms with E-state index in [4.69, 9.17) is 27.9 Å². The second kappa shape index (κ2) is 7.33. The van der Waals surface area contributed by atoms with Gasteiger partial charge in [0.25, 0.3) is 0 Å². The monoisotopic (exact) mass is 399 g/mol. The van der Waals surface area contributed by atoms with Gasteiger partial charge in [-0.2, -0.15) is 4.31 Å². The molecule has 0 radical (unpaired) electrons. The molecule has 1 aliphatic rings. The van der Waals surface area contributed by atoms with E-state index in [1.54, 1.807) is 6.07 Å². The minimum Gasteiger partial charge on any atom is -0.421 e. The van der Waals surface area contributed by atoms with E-state index < -0.39 is 16.0 Å². The molecule has 0 amide bonds. The second-order valence-electron chi connectivity index (χ2n) is 5.60. The Labute approximate surface area is 156 Å². The molecule has 132 valence electrons. The third-order valence-electron chi connectivity index (χ3n) is 3.89. The normalized spacial score (nSPS) is 15.3. The molecule has 0 N–H and O–H groups in total. The zero-order chi connectivity index (χ0) is 18.0. The van der Waals surface area contributed by atoms with E-state index in [1.807, 2.05) is 0 Å². The van der Waals surface area contributed by atoms with Crippen LogP contribution in [0.15, 0.2) is 47.4 Å². The van der Waals surface area contributed by atoms with E-state index in [0.717, 1.165) is 12.8 Å². The Morgan fingerprint density at radius 1 is 1.00 bits per heavy atom. The lowest BCUT2D eigenvalue weighted by Gasteiger charge is -2.15. The summed E-state index contributed by atoms with van der Waals surface area (Å²) in [5.74, 6) is -0.498. The van der Waals surface area contributed by atoms with E-state index in [0.29, 0.717) is 18.1 Å². The molecule has 1 saturated heterocycles. The molecule has 8 heteroatoms. The Bertz CT molecular complexity index is 891. The molecule has 1 aliphatic heterocycles. The summed E-state index contributed by atoms with van der Waals surface area (Å²) in [6, 6.07) is 10.2. The van der Waals surface area contributed by atoms with Crippen molar-refractivity contribution in [1.29, 1.82) is 0 Å². The molecule has 0 unspecified atom stereocenters. The van der Waals surface area contributed by atoms with Crippen molar-refractivity contribution in [2.45, 2.75) is 17.7 Å². The number of halogens is 2. The maximum atomic E-state index is 12.5. The van der Waals surface area contributed by atoms with Crippen LogP contribution in [-0.2, 0) is 10.0 Å². The van der Waals surface area contributed by atoms with Crippen LogP contribution in [0, 0.1) is 0 Å².